The highest BCUT2D eigenvalue weighted by molar-refractivity contribution is 5.63. The first-order valence-corrected chi connectivity index (χ1v) is 6.01. The maximum absolute atomic E-state index is 13.4. The Morgan fingerprint density at radius 3 is 2.78 bits per heavy atom. The zero-order valence-electron chi connectivity index (χ0n) is 9.81. The van der Waals surface area contributed by atoms with Crippen LogP contribution < -0.4 is 0 Å². The molecular weight excluding hydrogens is 229 g/mol. The molecule has 1 saturated carbocycles. The van der Waals surface area contributed by atoms with E-state index >= 15 is 0 Å². The summed E-state index contributed by atoms with van der Waals surface area (Å²) in [6, 6.07) is 6.81. The SMILES string of the molecule is N#Cc1cc(F)cc(-c2cnn(C3CCC3)c2)c1. The first kappa shape index (κ1) is 11.0. The summed E-state index contributed by atoms with van der Waals surface area (Å²) in [4.78, 5) is 0. The van der Waals surface area contributed by atoms with Crippen molar-refractivity contribution in [3.63, 3.8) is 0 Å². The third-order valence-electron chi connectivity index (χ3n) is 3.41. The Balaban J connectivity index is 1.96. The topological polar surface area (TPSA) is 41.6 Å². The summed E-state index contributed by atoms with van der Waals surface area (Å²) < 4.78 is 15.3. The van der Waals surface area contributed by atoms with Gasteiger partial charge in [0.15, 0.2) is 0 Å². The van der Waals surface area contributed by atoms with Crippen LogP contribution in [0.3, 0.4) is 0 Å². The van der Waals surface area contributed by atoms with Crippen LogP contribution in [0.25, 0.3) is 11.1 Å². The molecule has 1 heterocycles. The molecule has 0 saturated heterocycles. The Hall–Kier alpha value is -2.15. The van der Waals surface area contributed by atoms with Crippen LogP contribution in [0.2, 0.25) is 0 Å². The van der Waals surface area contributed by atoms with Gasteiger partial charge in [-0.25, -0.2) is 4.39 Å². The van der Waals surface area contributed by atoms with Crippen LogP contribution in [0.15, 0.2) is 30.6 Å². The van der Waals surface area contributed by atoms with Crippen molar-refractivity contribution in [2.45, 2.75) is 25.3 Å². The van der Waals surface area contributed by atoms with Crippen molar-refractivity contribution in [2.24, 2.45) is 0 Å². The molecule has 90 valence electrons. The molecule has 0 unspecified atom stereocenters. The van der Waals surface area contributed by atoms with Gasteiger partial charge in [-0.3, -0.25) is 4.68 Å². The zero-order chi connectivity index (χ0) is 12.5. The van der Waals surface area contributed by atoms with E-state index in [0.29, 0.717) is 17.2 Å². The Kier molecular flexibility index (Phi) is 2.60. The summed E-state index contributed by atoms with van der Waals surface area (Å²) in [6.07, 6.45) is 7.23. The van der Waals surface area contributed by atoms with Crippen molar-refractivity contribution >= 4 is 0 Å². The predicted molar refractivity (Wildman–Crippen MR) is 65.2 cm³/mol. The van der Waals surface area contributed by atoms with Crippen LogP contribution in [0.1, 0.15) is 30.9 Å². The Morgan fingerprint density at radius 2 is 2.11 bits per heavy atom. The lowest BCUT2D eigenvalue weighted by atomic mass is 9.93. The largest absolute Gasteiger partial charge is 0.269 e. The van der Waals surface area contributed by atoms with Gasteiger partial charge in [-0.1, -0.05) is 0 Å². The lowest BCUT2D eigenvalue weighted by Crippen LogP contribution is -2.16. The summed E-state index contributed by atoms with van der Waals surface area (Å²) in [5, 5.41) is 13.1. The maximum Gasteiger partial charge on any atom is 0.125 e. The number of nitriles is 1. The fourth-order valence-electron chi connectivity index (χ4n) is 2.16. The van der Waals surface area contributed by atoms with Crippen molar-refractivity contribution in [2.75, 3.05) is 0 Å². The van der Waals surface area contributed by atoms with Gasteiger partial charge >= 0.3 is 0 Å². The number of hydrogen-bond acceptors (Lipinski definition) is 2. The van der Waals surface area contributed by atoms with Crippen molar-refractivity contribution < 1.29 is 4.39 Å². The lowest BCUT2D eigenvalue weighted by molar-refractivity contribution is 0.289. The van der Waals surface area contributed by atoms with E-state index in [-0.39, 0.29) is 5.82 Å². The van der Waals surface area contributed by atoms with E-state index in [1.807, 2.05) is 16.9 Å². The predicted octanol–water partition coefficient (Wildman–Crippen LogP) is 3.29. The maximum atomic E-state index is 13.4. The molecular formula is C14H12FN3. The van der Waals surface area contributed by atoms with Crippen LogP contribution >= 0.6 is 0 Å². The zero-order valence-corrected chi connectivity index (χ0v) is 9.81. The third kappa shape index (κ3) is 1.88. The summed E-state index contributed by atoms with van der Waals surface area (Å²) in [7, 11) is 0. The van der Waals surface area contributed by atoms with Gasteiger partial charge in [-0.2, -0.15) is 10.4 Å². The molecule has 1 aromatic heterocycles. The number of benzene rings is 1. The molecule has 0 atom stereocenters. The minimum Gasteiger partial charge on any atom is -0.269 e. The number of halogens is 1. The van der Waals surface area contributed by atoms with E-state index in [1.54, 1.807) is 12.3 Å². The van der Waals surface area contributed by atoms with Gasteiger partial charge in [0, 0.05) is 11.8 Å². The first-order valence-electron chi connectivity index (χ1n) is 6.01. The quantitative estimate of drug-likeness (QED) is 0.809. The van der Waals surface area contributed by atoms with E-state index in [4.69, 9.17) is 5.26 Å². The van der Waals surface area contributed by atoms with Crippen LogP contribution in [0.5, 0.6) is 0 Å². The average molecular weight is 241 g/mol. The van der Waals surface area contributed by atoms with E-state index in [9.17, 15) is 4.39 Å². The van der Waals surface area contributed by atoms with Crippen molar-refractivity contribution in [1.29, 1.82) is 5.26 Å². The number of hydrogen-bond donors (Lipinski definition) is 0. The standard InChI is InChI=1S/C14H12FN3/c15-13-5-10(7-16)4-11(6-13)12-8-17-18(9-12)14-2-1-3-14/h4-6,8-9,14H,1-3H2. The summed E-state index contributed by atoms with van der Waals surface area (Å²) in [5.74, 6) is -0.388. The number of rotatable bonds is 2. The van der Waals surface area contributed by atoms with Crippen LogP contribution in [0.4, 0.5) is 4.39 Å². The van der Waals surface area contributed by atoms with Gasteiger partial charge in [0.05, 0.1) is 23.9 Å². The van der Waals surface area contributed by atoms with Crippen LogP contribution in [-0.4, -0.2) is 9.78 Å². The molecule has 4 heteroatoms. The normalized spacial score (nSPS) is 15.1. The Morgan fingerprint density at radius 1 is 1.28 bits per heavy atom. The summed E-state index contributed by atoms with van der Waals surface area (Å²) in [6.45, 7) is 0. The highest BCUT2D eigenvalue weighted by atomic mass is 19.1. The smallest absolute Gasteiger partial charge is 0.125 e. The summed E-state index contributed by atoms with van der Waals surface area (Å²) >= 11 is 0. The van der Waals surface area contributed by atoms with E-state index in [0.717, 1.165) is 18.4 Å². The second-order valence-electron chi connectivity index (χ2n) is 4.63. The van der Waals surface area contributed by atoms with Crippen molar-refractivity contribution in [1.82, 2.24) is 9.78 Å². The molecule has 1 aliphatic carbocycles. The second-order valence-corrected chi connectivity index (χ2v) is 4.63. The molecule has 18 heavy (non-hydrogen) atoms. The monoisotopic (exact) mass is 241 g/mol. The van der Waals surface area contributed by atoms with Gasteiger partial charge in [-0.05, 0) is 43.0 Å². The Bertz CT molecular complexity index is 620. The average Bonchev–Trinajstić information content (AvgIpc) is 2.75. The highest BCUT2D eigenvalue weighted by Crippen LogP contribution is 2.32. The van der Waals surface area contributed by atoms with E-state index in [1.165, 1.54) is 18.6 Å². The van der Waals surface area contributed by atoms with Crippen LogP contribution in [-0.2, 0) is 0 Å². The summed E-state index contributed by atoms with van der Waals surface area (Å²) in [5.41, 5.74) is 1.90. The molecule has 1 fully saturated rings. The first-order chi connectivity index (χ1) is 8.76. The lowest BCUT2D eigenvalue weighted by Gasteiger charge is -2.25. The molecule has 0 N–H and O–H groups in total. The van der Waals surface area contributed by atoms with Crippen LogP contribution in [0, 0.1) is 17.1 Å². The molecule has 3 rings (SSSR count). The van der Waals surface area contributed by atoms with Gasteiger partial charge in [0.25, 0.3) is 0 Å². The molecule has 0 radical (unpaired) electrons. The third-order valence-corrected chi connectivity index (χ3v) is 3.41. The van der Waals surface area contributed by atoms with Gasteiger partial charge < -0.3 is 0 Å². The molecule has 0 spiro atoms. The minimum absolute atomic E-state index is 0.335. The molecule has 0 aliphatic heterocycles. The minimum atomic E-state index is -0.388. The van der Waals surface area contributed by atoms with Gasteiger partial charge in [0.2, 0.25) is 0 Å². The van der Waals surface area contributed by atoms with Crippen molar-refractivity contribution in [3.05, 3.63) is 42.0 Å². The second kappa shape index (κ2) is 4.26. The molecule has 1 aromatic carbocycles. The molecule has 3 nitrogen and oxygen atoms in total. The van der Waals surface area contributed by atoms with E-state index < -0.39 is 0 Å². The number of nitrogens with zero attached hydrogens (tertiary/aromatic N) is 3. The molecule has 2 aromatic rings. The van der Waals surface area contributed by atoms with E-state index in [2.05, 4.69) is 5.10 Å². The highest BCUT2D eigenvalue weighted by Gasteiger charge is 2.20. The Labute approximate surface area is 104 Å². The van der Waals surface area contributed by atoms with Crippen molar-refractivity contribution in [3.8, 4) is 17.2 Å². The van der Waals surface area contributed by atoms with Gasteiger partial charge in [0.1, 0.15) is 5.82 Å². The molecule has 1 aliphatic rings. The number of aromatic nitrogens is 2. The fraction of sp³-hybridized carbons (Fsp3) is 0.286. The molecule has 0 bridgehead atoms. The molecule has 0 amide bonds. The fourth-order valence-corrected chi connectivity index (χ4v) is 2.16. The van der Waals surface area contributed by atoms with Gasteiger partial charge in [-0.15, -0.1) is 0 Å².